The van der Waals surface area contributed by atoms with Crippen LogP contribution in [0.15, 0.2) is 24.3 Å². The SMILES string of the molecule is C1CNCCN1.Nc1ccc(N2CCNCC2)cc1. The topological polar surface area (TPSA) is 65.3 Å². The average molecular weight is 263 g/mol. The van der Waals surface area contributed by atoms with E-state index in [1.807, 2.05) is 12.1 Å². The number of piperazine rings is 2. The van der Waals surface area contributed by atoms with Crippen molar-refractivity contribution >= 4 is 11.4 Å². The highest BCUT2D eigenvalue weighted by atomic mass is 15.2. The maximum Gasteiger partial charge on any atom is 0.0368 e. The fraction of sp³-hybridized carbons (Fsp3) is 0.571. The van der Waals surface area contributed by atoms with Crippen LogP contribution in [0, 0.1) is 0 Å². The minimum atomic E-state index is 0.832. The maximum atomic E-state index is 5.63. The molecule has 2 aliphatic heterocycles. The second kappa shape index (κ2) is 7.99. The molecule has 19 heavy (non-hydrogen) atoms. The number of nitrogens with two attached hydrogens (primary N) is 1. The van der Waals surface area contributed by atoms with E-state index in [1.54, 1.807) is 0 Å². The van der Waals surface area contributed by atoms with E-state index >= 15 is 0 Å². The van der Waals surface area contributed by atoms with Crippen LogP contribution in [-0.4, -0.2) is 52.4 Å². The molecule has 2 heterocycles. The lowest BCUT2D eigenvalue weighted by Crippen LogP contribution is -2.43. The summed E-state index contributed by atoms with van der Waals surface area (Å²) in [7, 11) is 0. The van der Waals surface area contributed by atoms with E-state index in [1.165, 1.54) is 5.69 Å². The molecule has 2 fully saturated rings. The second-order valence-corrected chi connectivity index (χ2v) is 4.83. The van der Waals surface area contributed by atoms with Gasteiger partial charge in [0.15, 0.2) is 0 Å². The van der Waals surface area contributed by atoms with Crippen LogP contribution in [0.5, 0.6) is 0 Å². The summed E-state index contributed by atoms with van der Waals surface area (Å²) in [5.74, 6) is 0. The van der Waals surface area contributed by atoms with Crippen molar-refractivity contribution in [3.63, 3.8) is 0 Å². The molecule has 2 aliphatic rings. The Kier molecular flexibility index (Phi) is 5.94. The van der Waals surface area contributed by atoms with Crippen molar-refractivity contribution in [2.75, 3.05) is 63.0 Å². The fourth-order valence-electron chi connectivity index (χ4n) is 2.21. The van der Waals surface area contributed by atoms with Crippen molar-refractivity contribution in [2.45, 2.75) is 0 Å². The van der Waals surface area contributed by atoms with Gasteiger partial charge in [-0.05, 0) is 24.3 Å². The third-order valence-corrected chi connectivity index (χ3v) is 3.33. The Balaban J connectivity index is 0.000000186. The number of anilines is 2. The average Bonchev–Trinajstić information content (AvgIpc) is 2.51. The monoisotopic (exact) mass is 263 g/mol. The summed E-state index contributed by atoms with van der Waals surface area (Å²) >= 11 is 0. The zero-order valence-electron chi connectivity index (χ0n) is 11.5. The van der Waals surface area contributed by atoms with Crippen LogP contribution in [0.3, 0.4) is 0 Å². The number of benzene rings is 1. The van der Waals surface area contributed by atoms with Gasteiger partial charge in [0.2, 0.25) is 0 Å². The number of hydrogen-bond donors (Lipinski definition) is 4. The highest BCUT2D eigenvalue weighted by Gasteiger charge is 2.09. The summed E-state index contributed by atoms with van der Waals surface area (Å²) < 4.78 is 0. The molecule has 0 aromatic heterocycles. The zero-order valence-corrected chi connectivity index (χ0v) is 11.5. The number of rotatable bonds is 1. The summed E-state index contributed by atoms with van der Waals surface area (Å²) in [5.41, 5.74) is 7.73. The Hall–Kier alpha value is -1.30. The van der Waals surface area contributed by atoms with Gasteiger partial charge < -0.3 is 26.6 Å². The molecule has 5 nitrogen and oxygen atoms in total. The van der Waals surface area contributed by atoms with Gasteiger partial charge >= 0.3 is 0 Å². The third-order valence-electron chi connectivity index (χ3n) is 3.33. The molecule has 1 aromatic carbocycles. The molecular weight excluding hydrogens is 238 g/mol. The fourth-order valence-corrected chi connectivity index (χ4v) is 2.21. The Labute approximate surface area is 115 Å². The van der Waals surface area contributed by atoms with E-state index < -0.39 is 0 Å². The molecule has 1 aromatic rings. The van der Waals surface area contributed by atoms with Crippen LogP contribution < -0.4 is 26.6 Å². The van der Waals surface area contributed by atoms with Crippen LogP contribution in [-0.2, 0) is 0 Å². The number of nitrogens with zero attached hydrogens (tertiary/aromatic N) is 1. The molecule has 5 heteroatoms. The van der Waals surface area contributed by atoms with Gasteiger partial charge in [0.05, 0.1) is 0 Å². The molecule has 5 N–H and O–H groups in total. The molecule has 0 unspecified atom stereocenters. The van der Waals surface area contributed by atoms with Crippen LogP contribution in [0.25, 0.3) is 0 Å². The van der Waals surface area contributed by atoms with Crippen molar-refractivity contribution < 1.29 is 0 Å². The Bertz CT molecular complexity index is 330. The van der Waals surface area contributed by atoms with Gasteiger partial charge in [0, 0.05) is 63.7 Å². The van der Waals surface area contributed by atoms with Crippen molar-refractivity contribution in [3.8, 4) is 0 Å². The van der Waals surface area contributed by atoms with E-state index in [0.29, 0.717) is 0 Å². The third kappa shape index (κ3) is 5.06. The minimum absolute atomic E-state index is 0.832. The lowest BCUT2D eigenvalue weighted by molar-refractivity contribution is 0.534. The lowest BCUT2D eigenvalue weighted by Gasteiger charge is -2.29. The molecule has 0 saturated carbocycles. The molecule has 3 rings (SSSR count). The van der Waals surface area contributed by atoms with Crippen LogP contribution in [0.2, 0.25) is 0 Å². The van der Waals surface area contributed by atoms with Gasteiger partial charge in [0.1, 0.15) is 0 Å². The van der Waals surface area contributed by atoms with E-state index in [2.05, 4.69) is 33.0 Å². The summed E-state index contributed by atoms with van der Waals surface area (Å²) in [6.07, 6.45) is 0. The number of nitrogens with one attached hydrogen (secondary N) is 3. The normalized spacial score (nSPS) is 19.5. The van der Waals surface area contributed by atoms with Crippen molar-refractivity contribution in [2.24, 2.45) is 0 Å². The van der Waals surface area contributed by atoms with Crippen LogP contribution in [0.4, 0.5) is 11.4 Å². The second-order valence-electron chi connectivity index (χ2n) is 4.83. The van der Waals surface area contributed by atoms with E-state index in [4.69, 9.17) is 5.73 Å². The van der Waals surface area contributed by atoms with E-state index in [9.17, 15) is 0 Å². The highest BCUT2D eigenvalue weighted by molar-refractivity contribution is 5.53. The van der Waals surface area contributed by atoms with E-state index in [-0.39, 0.29) is 0 Å². The molecule has 0 radical (unpaired) electrons. The number of hydrogen-bond acceptors (Lipinski definition) is 5. The summed E-state index contributed by atoms with van der Waals surface area (Å²) in [6.45, 7) is 8.88. The predicted molar refractivity (Wildman–Crippen MR) is 81.7 cm³/mol. The molecule has 0 aliphatic carbocycles. The number of nitrogen functional groups attached to an aromatic ring is 1. The first-order valence-corrected chi connectivity index (χ1v) is 7.09. The Morgan fingerprint density at radius 2 is 1.21 bits per heavy atom. The van der Waals surface area contributed by atoms with Crippen LogP contribution in [0.1, 0.15) is 0 Å². The molecule has 106 valence electrons. The highest BCUT2D eigenvalue weighted by Crippen LogP contribution is 2.16. The Morgan fingerprint density at radius 1 is 0.737 bits per heavy atom. The van der Waals surface area contributed by atoms with Gasteiger partial charge in [-0.2, -0.15) is 0 Å². The summed E-state index contributed by atoms with van der Waals surface area (Å²) in [4.78, 5) is 2.37. The van der Waals surface area contributed by atoms with Gasteiger partial charge in [-0.3, -0.25) is 0 Å². The maximum absolute atomic E-state index is 5.63. The minimum Gasteiger partial charge on any atom is -0.399 e. The van der Waals surface area contributed by atoms with Crippen LogP contribution >= 0.6 is 0 Å². The molecule has 0 amide bonds. The first kappa shape index (κ1) is 14.1. The summed E-state index contributed by atoms with van der Waals surface area (Å²) in [6, 6.07) is 8.08. The standard InChI is InChI=1S/C10H15N3.C4H10N2/c11-9-1-3-10(4-2-9)13-7-5-12-6-8-13;1-2-6-4-3-5-1/h1-4,12H,5-8,11H2;5-6H,1-4H2. The van der Waals surface area contributed by atoms with Gasteiger partial charge in [-0.15, -0.1) is 0 Å². The molecule has 2 saturated heterocycles. The first-order chi connectivity index (χ1) is 9.36. The molecule has 0 spiro atoms. The zero-order chi connectivity index (χ0) is 13.3. The van der Waals surface area contributed by atoms with Crippen molar-refractivity contribution in [3.05, 3.63) is 24.3 Å². The van der Waals surface area contributed by atoms with Crippen molar-refractivity contribution in [1.29, 1.82) is 0 Å². The Morgan fingerprint density at radius 3 is 1.68 bits per heavy atom. The van der Waals surface area contributed by atoms with E-state index in [0.717, 1.165) is 58.0 Å². The largest absolute Gasteiger partial charge is 0.399 e. The quantitative estimate of drug-likeness (QED) is 0.531. The van der Waals surface area contributed by atoms with Crippen molar-refractivity contribution in [1.82, 2.24) is 16.0 Å². The lowest BCUT2D eigenvalue weighted by atomic mass is 10.2. The summed E-state index contributed by atoms with van der Waals surface area (Å²) in [5, 5.41) is 9.77. The molecule has 0 atom stereocenters. The molecular formula is C14H25N5. The first-order valence-electron chi connectivity index (χ1n) is 7.09. The van der Waals surface area contributed by atoms with Gasteiger partial charge in [-0.1, -0.05) is 0 Å². The smallest absolute Gasteiger partial charge is 0.0368 e. The van der Waals surface area contributed by atoms with Gasteiger partial charge in [0.25, 0.3) is 0 Å². The van der Waals surface area contributed by atoms with Gasteiger partial charge in [-0.25, -0.2) is 0 Å². The molecule has 0 bridgehead atoms. The predicted octanol–water partition coefficient (Wildman–Crippen LogP) is -0.142.